The molecule has 4 heteroatoms. The van der Waals surface area contributed by atoms with Crippen molar-refractivity contribution < 1.29 is 14.9 Å². The summed E-state index contributed by atoms with van der Waals surface area (Å²) in [5, 5.41) is 21.9. The zero-order chi connectivity index (χ0) is 9.84. The van der Waals surface area contributed by atoms with E-state index in [1.165, 1.54) is 0 Å². The zero-order valence-electron chi connectivity index (χ0n) is 8.23. The first-order valence-corrected chi connectivity index (χ1v) is 4.85. The van der Waals surface area contributed by atoms with Gasteiger partial charge in [-0.05, 0) is 19.9 Å². The van der Waals surface area contributed by atoms with Gasteiger partial charge in [0.15, 0.2) is 6.29 Å². The second-order valence-electron chi connectivity index (χ2n) is 3.60. The highest BCUT2D eigenvalue weighted by Gasteiger charge is 2.35. The molecule has 4 nitrogen and oxygen atoms in total. The lowest BCUT2D eigenvalue weighted by molar-refractivity contribution is -0.233. The summed E-state index contributed by atoms with van der Waals surface area (Å²) in [6, 6.07) is 0. The van der Waals surface area contributed by atoms with Gasteiger partial charge >= 0.3 is 0 Å². The van der Waals surface area contributed by atoms with Gasteiger partial charge in [0.05, 0.1) is 6.10 Å². The Morgan fingerprint density at radius 1 is 1.46 bits per heavy atom. The van der Waals surface area contributed by atoms with Gasteiger partial charge in [-0.2, -0.15) is 0 Å². The predicted octanol–water partition coefficient (Wildman–Crippen LogP) is -0.300. The number of aliphatic hydroxyl groups excluding tert-OH is 2. The second kappa shape index (κ2) is 4.91. The van der Waals surface area contributed by atoms with Crippen LogP contribution in [0.1, 0.15) is 19.8 Å². The molecule has 0 radical (unpaired) electrons. The molecule has 78 valence electrons. The van der Waals surface area contributed by atoms with Gasteiger partial charge < -0.3 is 20.3 Å². The molecule has 1 saturated heterocycles. The summed E-state index contributed by atoms with van der Waals surface area (Å²) >= 11 is 0. The maximum Gasteiger partial charge on any atom is 0.181 e. The van der Waals surface area contributed by atoms with E-state index in [9.17, 15) is 10.2 Å². The van der Waals surface area contributed by atoms with E-state index in [0.29, 0.717) is 0 Å². The molecule has 0 aromatic carbocycles. The summed E-state index contributed by atoms with van der Waals surface area (Å²) in [7, 11) is 1.84. The first kappa shape index (κ1) is 10.9. The number of rotatable bonds is 3. The van der Waals surface area contributed by atoms with Crippen LogP contribution in [-0.2, 0) is 4.74 Å². The zero-order valence-corrected chi connectivity index (χ0v) is 8.23. The topological polar surface area (TPSA) is 61.7 Å². The molecule has 0 aromatic heterocycles. The number of hydrogen-bond acceptors (Lipinski definition) is 4. The lowest BCUT2D eigenvalue weighted by Gasteiger charge is -2.36. The summed E-state index contributed by atoms with van der Waals surface area (Å²) in [5.74, 6) is 0.0960. The van der Waals surface area contributed by atoms with E-state index in [1.54, 1.807) is 0 Å². The van der Waals surface area contributed by atoms with Gasteiger partial charge in [0, 0.05) is 12.5 Å². The van der Waals surface area contributed by atoms with Crippen molar-refractivity contribution in [1.82, 2.24) is 5.32 Å². The molecule has 4 atom stereocenters. The minimum atomic E-state index is -1.02. The van der Waals surface area contributed by atoms with E-state index >= 15 is 0 Å². The first-order valence-electron chi connectivity index (χ1n) is 4.85. The maximum absolute atomic E-state index is 9.57. The van der Waals surface area contributed by atoms with Gasteiger partial charge in [-0.25, -0.2) is 0 Å². The van der Waals surface area contributed by atoms with Crippen molar-refractivity contribution in [1.29, 1.82) is 0 Å². The highest BCUT2D eigenvalue weighted by Crippen LogP contribution is 2.25. The van der Waals surface area contributed by atoms with Gasteiger partial charge in [0.25, 0.3) is 0 Å². The Labute approximate surface area is 78.9 Å². The van der Waals surface area contributed by atoms with E-state index in [4.69, 9.17) is 4.74 Å². The molecule has 1 aliphatic heterocycles. The van der Waals surface area contributed by atoms with E-state index in [-0.39, 0.29) is 12.0 Å². The minimum Gasteiger partial charge on any atom is -0.387 e. The quantitative estimate of drug-likeness (QED) is 0.570. The highest BCUT2D eigenvalue weighted by atomic mass is 16.6. The molecule has 3 N–H and O–H groups in total. The molecular weight excluding hydrogens is 170 g/mol. The number of hydrogen-bond donors (Lipinski definition) is 3. The van der Waals surface area contributed by atoms with Crippen LogP contribution in [0.5, 0.6) is 0 Å². The largest absolute Gasteiger partial charge is 0.387 e. The van der Waals surface area contributed by atoms with Gasteiger partial charge in [0.1, 0.15) is 6.10 Å². The van der Waals surface area contributed by atoms with E-state index in [2.05, 4.69) is 5.32 Å². The van der Waals surface area contributed by atoms with Crippen molar-refractivity contribution in [2.75, 3.05) is 13.6 Å². The van der Waals surface area contributed by atoms with Gasteiger partial charge in [-0.3, -0.25) is 0 Å². The third-order valence-corrected chi connectivity index (χ3v) is 2.59. The van der Waals surface area contributed by atoms with Gasteiger partial charge in [-0.1, -0.05) is 6.92 Å². The molecule has 1 rings (SSSR count). The van der Waals surface area contributed by atoms with Gasteiger partial charge in [0.2, 0.25) is 0 Å². The van der Waals surface area contributed by atoms with Crippen molar-refractivity contribution in [3.63, 3.8) is 0 Å². The smallest absolute Gasteiger partial charge is 0.181 e. The highest BCUT2D eigenvalue weighted by molar-refractivity contribution is 4.81. The molecule has 1 fully saturated rings. The average Bonchev–Trinajstić information content (AvgIpc) is 2.13. The van der Waals surface area contributed by atoms with Crippen LogP contribution in [-0.4, -0.2) is 42.3 Å². The minimum absolute atomic E-state index is 0.0803. The molecule has 1 heterocycles. The fraction of sp³-hybridized carbons (Fsp3) is 1.00. The Bertz CT molecular complexity index is 154. The summed E-state index contributed by atoms with van der Waals surface area (Å²) in [6.45, 7) is 2.74. The van der Waals surface area contributed by atoms with Crippen LogP contribution >= 0.6 is 0 Å². The molecule has 13 heavy (non-hydrogen) atoms. The molecular formula is C9H19NO3. The number of nitrogens with one attached hydrogen (secondary N) is 1. The van der Waals surface area contributed by atoms with Crippen LogP contribution < -0.4 is 5.32 Å². The molecule has 0 bridgehead atoms. The number of ether oxygens (including phenoxy) is 1. The summed E-state index contributed by atoms with van der Waals surface area (Å²) in [4.78, 5) is 0. The van der Waals surface area contributed by atoms with E-state index in [1.807, 2.05) is 14.0 Å². The maximum atomic E-state index is 9.57. The molecule has 0 amide bonds. The lowest BCUT2D eigenvalue weighted by atomic mass is 9.91. The predicted molar refractivity (Wildman–Crippen MR) is 49.2 cm³/mol. The number of aliphatic hydroxyl groups is 2. The summed E-state index contributed by atoms with van der Waals surface area (Å²) in [5.41, 5.74) is 0. The van der Waals surface area contributed by atoms with E-state index < -0.39 is 12.4 Å². The molecule has 0 spiro atoms. The molecule has 1 aliphatic rings. The van der Waals surface area contributed by atoms with Crippen molar-refractivity contribution >= 4 is 0 Å². The third kappa shape index (κ3) is 2.64. The fourth-order valence-corrected chi connectivity index (χ4v) is 1.77. The van der Waals surface area contributed by atoms with Gasteiger partial charge in [-0.15, -0.1) is 0 Å². The Balaban J connectivity index is 2.50. The van der Waals surface area contributed by atoms with Crippen molar-refractivity contribution in [3.8, 4) is 0 Å². The van der Waals surface area contributed by atoms with Crippen LogP contribution in [0.2, 0.25) is 0 Å². The Hall–Kier alpha value is -0.160. The summed E-state index contributed by atoms with van der Waals surface area (Å²) in [6.07, 6.45) is 0.00331. The monoisotopic (exact) mass is 189 g/mol. The van der Waals surface area contributed by atoms with Crippen molar-refractivity contribution in [2.24, 2.45) is 5.92 Å². The van der Waals surface area contributed by atoms with Crippen molar-refractivity contribution in [2.45, 2.75) is 38.3 Å². The molecule has 0 saturated carbocycles. The van der Waals surface area contributed by atoms with Crippen LogP contribution in [0.15, 0.2) is 0 Å². The SMILES string of the molecule is CCC1C[C@H](CNC)C(O)C(O)O1. The van der Waals surface area contributed by atoms with Crippen LogP contribution in [0.25, 0.3) is 0 Å². The van der Waals surface area contributed by atoms with Crippen molar-refractivity contribution in [3.05, 3.63) is 0 Å². The molecule has 0 aliphatic carbocycles. The van der Waals surface area contributed by atoms with Crippen LogP contribution in [0.4, 0.5) is 0 Å². The lowest BCUT2D eigenvalue weighted by Crippen LogP contribution is -2.47. The first-order chi connectivity index (χ1) is 6.19. The third-order valence-electron chi connectivity index (χ3n) is 2.59. The molecule has 0 aromatic rings. The summed E-state index contributed by atoms with van der Waals surface area (Å²) < 4.78 is 5.20. The second-order valence-corrected chi connectivity index (χ2v) is 3.60. The Morgan fingerprint density at radius 3 is 2.69 bits per heavy atom. The molecule has 3 unspecified atom stereocenters. The Kier molecular flexibility index (Phi) is 4.12. The normalized spacial score (nSPS) is 40.6. The van der Waals surface area contributed by atoms with Crippen LogP contribution in [0.3, 0.4) is 0 Å². The van der Waals surface area contributed by atoms with Crippen LogP contribution in [0, 0.1) is 5.92 Å². The van der Waals surface area contributed by atoms with E-state index in [0.717, 1.165) is 19.4 Å². The standard InChI is InChI=1S/C9H19NO3/c1-3-7-4-6(5-10-2)8(11)9(12)13-7/h6-12H,3-5H2,1-2H3/t6-,7?,8?,9?/m1/s1. The fourth-order valence-electron chi connectivity index (χ4n) is 1.77. The average molecular weight is 189 g/mol. The Morgan fingerprint density at radius 2 is 2.15 bits per heavy atom.